The average molecular weight is 357 g/mol. The first-order valence-electron chi connectivity index (χ1n) is 9.24. The van der Waals surface area contributed by atoms with Crippen LogP contribution in [-0.4, -0.2) is 41.0 Å². The van der Waals surface area contributed by atoms with Crippen LogP contribution in [0.4, 0.5) is 0 Å². The third-order valence-electron chi connectivity index (χ3n) is 4.59. The molecule has 0 saturated carbocycles. The Bertz CT molecular complexity index is 714. The quantitative estimate of drug-likeness (QED) is 0.827. The van der Waals surface area contributed by atoms with Gasteiger partial charge in [0.15, 0.2) is 0 Å². The SMILES string of the molecule is CCCc1cc(C(=O)N[C@@H]2COCC[C@@H]2OCc2ccccc2)n(C)n1. The van der Waals surface area contributed by atoms with Gasteiger partial charge in [-0.3, -0.25) is 9.48 Å². The minimum absolute atomic E-state index is 0.0590. The molecule has 1 aromatic carbocycles. The van der Waals surface area contributed by atoms with E-state index < -0.39 is 0 Å². The minimum Gasteiger partial charge on any atom is -0.379 e. The van der Waals surface area contributed by atoms with Gasteiger partial charge < -0.3 is 14.8 Å². The molecular weight excluding hydrogens is 330 g/mol. The molecule has 1 aliphatic rings. The fourth-order valence-corrected chi connectivity index (χ4v) is 3.19. The Morgan fingerprint density at radius 1 is 1.38 bits per heavy atom. The number of rotatable bonds is 7. The van der Waals surface area contributed by atoms with Crippen molar-refractivity contribution in [2.45, 2.75) is 44.9 Å². The van der Waals surface area contributed by atoms with Gasteiger partial charge in [0.05, 0.1) is 31.1 Å². The third kappa shape index (κ3) is 4.71. The van der Waals surface area contributed by atoms with Crippen molar-refractivity contribution in [3.05, 3.63) is 53.3 Å². The van der Waals surface area contributed by atoms with Crippen molar-refractivity contribution in [2.24, 2.45) is 7.05 Å². The van der Waals surface area contributed by atoms with E-state index in [4.69, 9.17) is 9.47 Å². The number of nitrogens with zero attached hydrogens (tertiary/aromatic N) is 2. The zero-order valence-corrected chi connectivity index (χ0v) is 15.5. The lowest BCUT2D eigenvalue weighted by molar-refractivity contribution is -0.0605. The van der Waals surface area contributed by atoms with Crippen LogP contribution in [0.25, 0.3) is 0 Å². The standard InChI is InChI=1S/C20H27N3O3/c1-3-7-16-12-18(23(2)22-16)20(24)21-17-14-25-11-10-19(17)26-13-15-8-5-4-6-9-15/h4-6,8-9,12,17,19H,3,7,10-11,13-14H2,1-2H3,(H,21,24)/t17-,19+/m1/s1. The van der Waals surface area contributed by atoms with E-state index in [2.05, 4.69) is 17.3 Å². The lowest BCUT2D eigenvalue weighted by Crippen LogP contribution is -2.50. The number of aryl methyl sites for hydroxylation is 2. The topological polar surface area (TPSA) is 65.4 Å². The smallest absolute Gasteiger partial charge is 0.269 e. The molecule has 26 heavy (non-hydrogen) atoms. The van der Waals surface area contributed by atoms with E-state index in [-0.39, 0.29) is 18.1 Å². The van der Waals surface area contributed by atoms with E-state index in [1.54, 1.807) is 11.7 Å². The van der Waals surface area contributed by atoms with Gasteiger partial charge in [-0.15, -0.1) is 0 Å². The molecule has 6 nitrogen and oxygen atoms in total. The Labute approximate surface area is 154 Å². The van der Waals surface area contributed by atoms with Crippen molar-refractivity contribution in [2.75, 3.05) is 13.2 Å². The molecule has 0 unspecified atom stereocenters. The van der Waals surface area contributed by atoms with Gasteiger partial charge in [0.1, 0.15) is 5.69 Å². The summed E-state index contributed by atoms with van der Waals surface area (Å²) in [6.07, 6.45) is 2.58. The van der Waals surface area contributed by atoms with E-state index in [1.165, 1.54) is 0 Å². The molecule has 0 bridgehead atoms. The molecule has 1 N–H and O–H groups in total. The van der Waals surface area contributed by atoms with Crippen molar-refractivity contribution >= 4 is 5.91 Å². The van der Waals surface area contributed by atoms with Crippen LogP contribution in [-0.2, 0) is 29.5 Å². The fraction of sp³-hybridized carbons (Fsp3) is 0.500. The van der Waals surface area contributed by atoms with E-state index in [9.17, 15) is 4.79 Å². The lowest BCUT2D eigenvalue weighted by Gasteiger charge is -2.32. The van der Waals surface area contributed by atoms with Crippen molar-refractivity contribution in [3.63, 3.8) is 0 Å². The van der Waals surface area contributed by atoms with Crippen molar-refractivity contribution < 1.29 is 14.3 Å². The van der Waals surface area contributed by atoms with Gasteiger partial charge in [0.2, 0.25) is 0 Å². The number of nitrogens with one attached hydrogen (secondary N) is 1. The summed E-state index contributed by atoms with van der Waals surface area (Å²) in [5.74, 6) is -0.133. The predicted molar refractivity (Wildman–Crippen MR) is 98.9 cm³/mol. The highest BCUT2D eigenvalue weighted by atomic mass is 16.5. The van der Waals surface area contributed by atoms with Crippen molar-refractivity contribution in [3.8, 4) is 0 Å². The van der Waals surface area contributed by atoms with Crippen LogP contribution in [0.15, 0.2) is 36.4 Å². The minimum atomic E-state index is -0.163. The normalized spacial score (nSPS) is 20.1. The Morgan fingerprint density at radius 3 is 2.96 bits per heavy atom. The molecule has 1 saturated heterocycles. The van der Waals surface area contributed by atoms with Crippen LogP contribution < -0.4 is 5.32 Å². The summed E-state index contributed by atoms with van der Waals surface area (Å²) in [6.45, 7) is 3.75. The second-order valence-electron chi connectivity index (χ2n) is 6.67. The maximum atomic E-state index is 12.7. The van der Waals surface area contributed by atoms with Crippen LogP contribution in [0.1, 0.15) is 41.5 Å². The Morgan fingerprint density at radius 2 is 2.19 bits per heavy atom. The van der Waals surface area contributed by atoms with E-state index in [0.717, 1.165) is 30.5 Å². The molecule has 2 atom stereocenters. The number of carbonyl (C=O) groups is 1. The molecule has 0 radical (unpaired) electrons. The van der Waals surface area contributed by atoms with Gasteiger partial charge in [-0.2, -0.15) is 5.10 Å². The van der Waals surface area contributed by atoms with Gasteiger partial charge in [-0.05, 0) is 24.5 Å². The second kappa shape index (κ2) is 8.96. The van der Waals surface area contributed by atoms with Gasteiger partial charge in [0, 0.05) is 13.7 Å². The highest BCUT2D eigenvalue weighted by molar-refractivity contribution is 5.92. The number of carbonyl (C=O) groups excluding carboxylic acids is 1. The maximum Gasteiger partial charge on any atom is 0.269 e. The van der Waals surface area contributed by atoms with Gasteiger partial charge in [0.25, 0.3) is 5.91 Å². The molecule has 2 aromatic rings. The zero-order valence-electron chi connectivity index (χ0n) is 15.5. The first-order chi connectivity index (χ1) is 12.7. The molecule has 2 heterocycles. The van der Waals surface area contributed by atoms with Crippen LogP contribution in [0.3, 0.4) is 0 Å². The monoisotopic (exact) mass is 357 g/mol. The number of hydrogen-bond donors (Lipinski definition) is 1. The van der Waals surface area contributed by atoms with Gasteiger partial charge >= 0.3 is 0 Å². The number of benzene rings is 1. The van der Waals surface area contributed by atoms with Crippen LogP contribution >= 0.6 is 0 Å². The molecule has 0 aliphatic carbocycles. The largest absolute Gasteiger partial charge is 0.379 e. The van der Waals surface area contributed by atoms with Gasteiger partial charge in [-0.25, -0.2) is 0 Å². The zero-order chi connectivity index (χ0) is 18.4. The molecule has 140 valence electrons. The molecule has 3 rings (SSSR count). The summed E-state index contributed by atoms with van der Waals surface area (Å²) in [5.41, 5.74) is 2.64. The fourth-order valence-electron chi connectivity index (χ4n) is 3.19. The molecule has 1 aliphatic heterocycles. The highest BCUT2D eigenvalue weighted by Crippen LogP contribution is 2.15. The first kappa shape index (κ1) is 18.6. The Hall–Kier alpha value is -2.18. The molecule has 1 aromatic heterocycles. The Balaban J connectivity index is 1.61. The molecule has 0 spiro atoms. The number of aromatic nitrogens is 2. The number of hydrogen-bond acceptors (Lipinski definition) is 4. The summed E-state index contributed by atoms with van der Waals surface area (Å²) in [5, 5.41) is 7.47. The summed E-state index contributed by atoms with van der Waals surface area (Å²) in [4.78, 5) is 12.7. The highest BCUT2D eigenvalue weighted by Gasteiger charge is 2.29. The number of ether oxygens (including phenoxy) is 2. The second-order valence-corrected chi connectivity index (χ2v) is 6.67. The summed E-state index contributed by atoms with van der Waals surface area (Å²) in [6, 6.07) is 11.8. The van der Waals surface area contributed by atoms with E-state index >= 15 is 0 Å². The predicted octanol–water partition coefficient (Wildman–Crippen LogP) is 2.48. The molecule has 1 amide bonds. The van der Waals surface area contributed by atoms with Crippen molar-refractivity contribution in [1.29, 1.82) is 0 Å². The van der Waals surface area contributed by atoms with Crippen LogP contribution in [0.2, 0.25) is 0 Å². The third-order valence-corrected chi connectivity index (χ3v) is 4.59. The summed E-state index contributed by atoms with van der Waals surface area (Å²) >= 11 is 0. The number of amides is 1. The van der Waals surface area contributed by atoms with Crippen LogP contribution in [0.5, 0.6) is 0 Å². The molecule has 1 fully saturated rings. The van der Waals surface area contributed by atoms with Crippen molar-refractivity contribution in [1.82, 2.24) is 15.1 Å². The first-order valence-corrected chi connectivity index (χ1v) is 9.24. The maximum absolute atomic E-state index is 12.7. The Kier molecular flexibility index (Phi) is 6.41. The molecular formula is C20H27N3O3. The van der Waals surface area contributed by atoms with Gasteiger partial charge in [-0.1, -0.05) is 43.7 Å². The summed E-state index contributed by atoms with van der Waals surface area (Å²) in [7, 11) is 1.80. The molecule has 6 heteroatoms. The average Bonchev–Trinajstić information content (AvgIpc) is 3.02. The lowest BCUT2D eigenvalue weighted by atomic mass is 10.1. The van der Waals surface area contributed by atoms with Crippen LogP contribution in [0, 0.1) is 0 Å². The van der Waals surface area contributed by atoms with E-state index in [0.29, 0.717) is 25.5 Å². The summed E-state index contributed by atoms with van der Waals surface area (Å²) < 4.78 is 13.3. The van der Waals surface area contributed by atoms with E-state index in [1.807, 2.05) is 36.4 Å².